The summed E-state index contributed by atoms with van der Waals surface area (Å²) in [7, 11) is 0. The van der Waals surface area contributed by atoms with Gasteiger partial charge in [-0.3, -0.25) is 4.79 Å². The Kier molecular flexibility index (Phi) is 4.40. The molecule has 4 nitrogen and oxygen atoms in total. The van der Waals surface area contributed by atoms with E-state index in [1.165, 1.54) is 0 Å². The summed E-state index contributed by atoms with van der Waals surface area (Å²) in [5, 5.41) is 3.51. The fraction of sp³-hybridized carbons (Fsp3) is 0.923. The van der Waals surface area contributed by atoms with Gasteiger partial charge in [-0.15, -0.1) is 0 Å². The Bertz CT molecular complexity index is 264. The Hall–Kier alpha value is -0.610. The van der Waals surface area contributed by atoms with Crippen LogP contribution in [0.1, 0.15) is 39.5 Å². The number of nitrogens with one attached hydrogen (secondary N) is 1. The largest absolute Gasteiger partial charge is 0.368 e. The molecule has 0 bridgehead atoms. The topological polar surface area (TPSA) is 41.6 Å². The number of carbonyl (C=O) groups is 1. The van der Waals surface area contributed by atoms with Crippen molar-refractivity contribution in [3.05, 3.63) is 0 Å². The molecule has 2 saturated heterocycles. The van der Waals surface area contributed by atoms with E-state index in [2.05, 4.69) is 24.1 Å². The second-order valence-corrected chi connectivity index (χ2v) is 5.07. The first-order chi connectivity index (χ1) is 8.26. The molecule has 0 spiro atoms. The molecule has 2 fully saturated rings. The van der Waals surface area contributed by atoms with Crippen LogP contribution in [-0.2, 0) is 9.53 Å². The third kappa shape index (κ3) is 2.80. The van der Waals surface area contributed by atoms with Gasteiger partial charge < -0.3 is 15.0 Å². The molecular formula is C13H24N2O2. The third-order valence-electron chi connectivity index (χ3n) is 3.95. The molecule has 0 aromatic heterocycles. The minimum atomic E-state index is -0.167. The molecule has 1 amide bonds. The second-order valence-electron chi connectivity index (χ2n) is 5.07. The SMILES string of the molecule is CCC1CN(C(=O)[C@H]2CCCO2)C(CC)CN1. The Labute approximate surface area is 104 Å². The van der Waals surface area contributed by atoms with Gasteiger partial charge in [-0.2, -0.15) is 0 Å². The van der Waals surface area contributed by atoms with Gasteiger partial charge in [-0.1, -0.05) is 13.8 Å². The summed E-state index contributed by atoms with van der Waals surface area (Å²) in [4.78, 5) is 14.5. The van der Waals surface area contributed by atoms with Gasteiger partial charge in [0.15, 0.2) is 0 Å². The number of amides is 1. The van der Waals surface area contributed by atoms with Gasteiger partial charge in [0, 0.05) is 31.8 Å². The van der Waals surface area contributed by atoms with Gasteiger partial charge in [-0.25, -0.2) is 0 Å². The molecular weight excluding hydrogens is 216 g/mol. The summed E-state index contributed by atoms with van der Waals surface area (Å²) < 4.78 is 5.52. The van der Waals surface area contributed by atoms with Gasteiger partial charge in [0.2, 0.25) is 0 Å². The second kappa shape index (κ2) is 5.83. The highest BCUT2D eigenvalue weighted by Crippen LogP contribution is 2.19. The van der Waals surface area contributed by atoms with E-state index < -0.39 is 0 Å². The molecule has 0 aliphatic carbocycles. The zero-order valence-corrected chi connectivity index (χ0v) is 10.9. The molecule has 2 unspecified atom stereocenters. The Balaban J connectivity index is 2.00. The van der Waals surface area contributed by atoms with Crippen molar-refractivity contribution >= 4 is 5.91 Å². The molecule has 2 rings (SSSR count). The molecule has 4 heteroatoms. The van der Waals surface area contributed by atoms with E-state index in [1.807, 2.05) is 0 Å². The summed E-state index contributed by atoms with van der Waals surface area (Å²) in [5.41, 5.74) is 0. The Morgan fingerprint density at radius 3 is 2.82 bits per heavy atom. The summed E-state index contributed by atoms with van der Waals surface area (Å²) in [6.07, 6.45) is 3.85. The number of piperazine rings is 1. The van der Waals surface area contributed by atoms with Crippen molar-refractivity contribution in [3.63, 3.8) is 0 Å². The molecule has 98 valence electrons. The number of hydrogen-bond donors (Lipinski definition) is 1. The van der Waals surface area contributed by atoms with Gasteiger partial charge in [0.05, 0.1) is 0 Å². The number of rotatable bonds is 3. The van der Waals surface area contributed by atoms with Crippen LogP contribution in [0.3, 0.4) is 0 Å². The molecule has 17 heavy (non-hydrogen) atoms. The van der Waals surface area contributed by atoms with Crippen molar-refractivity contribution in [3.8, 4) is 0 Å². The average Bonchev–Trinajstić information content (AvgIpc) is 2.91. The standard InChI is InChI=1S/C13H24N2O2/c1-3-10-9-15(11(4-2)8-14-10)13(16)12-6-5-7-17-12/h10-12,14H,3-9H2,1-2H3/t10?,11?,12-/m1/s1. The van der Waals surface area contributed by atoms with Crippen LogP contribution in [0.5, 0.6) is 0 Å². The number of carbonyl (C=O) groups excluding carboxylic acids is 1. The van der Waals surface area contributed by atoms with E-state index in [4.69, 9.17) is 4.74 Å². The van der Waals surface area contributed by atoms with E-state index in [1.54, 1.807) is 0 Å². The molecule has 0 aromatic rings. The number of hydrogen-bond acceptors (Lipinski definition) is 3. The van der Waals surface area contributed by atoms with Crippen molar-refractivity contribution in [2.75, 3.05) is 19.7 Å². The molecule has 0 aromatic carbocycles. The number of nitrogens with zero attached hydrogens (tertiary/aromatic N) is 1. The first-order valence-corrected chi connectivity index (χ1v) is 6.91. The molecule has 2 aliphatic heterocycles. The molecule has 0 saturated carbocycles. The van der Waals surface area contributed by atoms with Crippen molar-refractivity contribution in [2.24, 2.45) is 0 Å². The molecule has 2 aliphatic rings. The van der Waals surface area contributed by atoms with E-state index in [9.17, 15) is 4.79 Å². The van der Waals surface area contributed by atoms with E-state index in [-0.39, 0.29) is 12.0 Å². The first-order valence-electron chi connectivity index (χ1n) is 6.91. The molecule has 2 heterocycles. The van der Waals surface area contributed by atoms with E-state index >= 15 is 0 Å². The maximum absolute atomic E-state index is 12.4. The maximum Gasteiger partial charge on any atom is 0.252 e. The highest BCUT2D eigenvalue weighted by atomic mass is 16.5. The van der Waals surface area contributed by atoms with Crippen molar-refractivity contribution < 1.29 is 9.53 Å². The van der Waals surface area contributed by atoms with Crippen molar-refractivity contribution in [2.45, 2.75) is 57.7 Å². The van der Waals surface area contributed by atoms with Gasteiger partial charge in [0.1, 0.15) is 6.10 Å². The average molecular weight is 240 g/mol. The summed E-state index contributed by atoms with van der Waals surface area (Å²) in [6.45, 7) is 6.82. The van der Waals surface area contributed by atoms with Crippen LogP contribution in [0.2, 0.25) is 0 Å². The van der Waals surface area contributed by atoms with Crippen LogP contribution in [0.25, 0.3) is 0 Å². The predicted octanol–water partition coefficient (Wildman–Crippen LogP) is 1.15. The lowest BCUT2D eigenvalue weighted by Gasteiger charge is -2.41. The smallest absolute Gasteiger partial charge is 0.252 e. The highest BCUT2D eigenvalue weighted by Gasteiger charge is 2.35. The van der Waals surface area contributed by atoms with E-state index in [0.29, 0.717) is 12.1 Å². The Morgan fingerprint density at radius 2 is 2.24 bits per heavy atom. The summed E-state index contributed by atoms with van der Waals surface area (Å²) >= 11 is 0. The number of ether oxygens (including phenoxy) is 1. The van der Waals surface area contributed by atoms with Gasteiger partial charge >= 0.3 is 0 Å². The highest BCUT2D eigenvalue weighted by molar-refractivity contribution is 5.81. The maximum atomic E-state index is 12.4. The van der Waals surface area contributed by atoms with Gasteiger partial charge in [-0.05, 0) is 25.7 Å². The summed E-state index contributed by atoms with van der Waals surface area (Å²) in [6, 6.07) is 0.789. The normalized spacial score (nSPS) is 34.0. The van der Waals surface area contributed by atoms with Gasteiger partial charge in [0.25, 0.3) is 5.91 Å². The van der Waals surface area contributed by atoms with Crippen molar-refractivity contribution in [1.29, 1.82) is 0 Å². The lowest BCUT2D eigenvalue weighted by molar-refractivity contribution is -0.145. The van der Waals surface area contributed by atoms with Crippen LogP contribution >= 0.6 is 0 Å². The molecule has 3 atom stereocenters. The monoisotopic (exact) mass is 240 g/mol. The van der Waals surface area contributed by atoms with Crippen LogP contribution in [0.15, 0.2) is 0 Å². The minimum absolute atomic E-state index is 0.167. The molecule has 0 radical (unpaired) electrons. The fourth-order valence-electron chi connectivity index (χ4n) is 2.73. The minimum Gasteiger partial charge on any atom is -0.368 e. The first kappa shape index (κ1) is 12.8. The van der Waals surface area contributed by atoms with E-state index in [0.717, 1.165) is 45.4 Å². The zero-order valence-electron chi connectivity index (χ0n) is 10.9. The quantitative estimate of drug-likeness (QED) is 0.804. The Morgan fingerprint density at radius 1 is 1.41 bits per heavy atom. The lowest BCUT2D eigenvalue weighted by Crippen LogP contribution is -2.59. The van der Waals surface area contributed by atoms with Crippen molar-refractivity contribution in [1.82, 2.24) is 10.2 Å². The van der Waals surface area contributed by atoms with Crippen LogP contribution < -0.4 is 5.32 Å². The molecule has 1 N–H and O–H groups in total. The fourth-order valence-corrected chi connectivity index (χ4v) is 2.73. The zero-order chi connectivity index (χ0) is 12.3. The van der Waals surface area contributed by atoms with Crippen LogP contribution in [-0.4, -0.2) is 48.7 Å². The third-order valence-corrected chi connectivity index (χ3v) is 3.95. The van der Waals surface area contributed by atoms with Crippen LogP contribution in [0, 0.1) is 0 Å². The lowest BCUT2D eigenvalue weighted by atomic mass is 10.0. The predicted molar refractivity (Wildman–Crippen MR) is 66.8 cm³/mol. The summed E-state index contributed by atoms with van der Waals surface area (Å²) in [5.74, 6) is 0.217. The van der Waals surface area contributed by atoms with Crippen LogP contribution in [0.4, 0.5) is 0 Å².